The van der Waals surface area contributed by atoms with Crippen LogP contribution in [0.5, 0.6) is 0 Å². The number of ether oxygens (including phenoxy) is 1. The van der Waals surface area contributed by atoms with Gasteiger partial charge in [0.15, 0.2) is 0 Å². The quantitative estimate of drug-likeness (QED) is 0.889. The molecular formula is C15H23FN2O. The first kappa shape index (κ1) is 14.4. The molecule has 4 heteroatoms. The van der Waals surface area contributed by atoms with Crippen LogP contribution in [0.25, 0.3) is 0 Å². The van der Waals surface area contributed by atoms with Gasteiger partial charge in [0.2, 0.25) is 0 Å². The summed E-state index contributed by atoms with van der Waals surface area (Å²) < 4.78 is 19.3. The van der Waals surface area contributed by atoms with Crippen LogP contribution in [0.15, 0.2) is 24.3 Å². The van der Waals surface area contributed by atoms with Crippen molar-refractivity contribution in [3.8, 4) is 0 Å². The molecule has 0 aliphatic carbocycles. The van der Waals surface area contributed by atoms with Gasteiger partial charge >= 0.3 is 0 Å². The maximum absolute atomic E-state index is 13.7. The molecule has 1 heterocycles. The maximum atomic E-state index is 13.7. The Labute approximate surface area is 114 Å². The highest BCUT2D eigenvalue weighted by atomic mass is 19.1. The van der Waals surface area contributed by atoms with Crippen LogP contribution in [-0.4, -0.2) is 37.2 Å². The summed E-state index contributed by atoms with van der Waals surface area (Å²) in [6.07, 6.45) is 2.53. The standard InChI is InChI=1S/C15H23FN2O/c1-2-19-12-6-5-9-18(10-12)11-15(17)13-7-3-4-8-14(13)16/h3-4,7-8,12,15H,2,5-6,9-11,17H2,1H3. The molecule has 1 aromatic rings. The van der Waals surface area contributed by atoms with Crippen molar-refractivity contribution in [1.82, 2.24) is 4.90 Å². The van der Waals surface area contributed by atoms with Gasteiger partial charge in [0, 0.05) is 31.3 Å². The van der Waals surface area contributed by atoms with Gasteiger partial charge in [-0.2, -0.15) is 0 Å². The second-order valence-corrected chi connectivity index (χ2v) is 5.11. The Kier molecular flexibility index (Phi) is 5.31. The molecule has 3 nitrogen and oxygen atoms in total. The lowest BCUT2D eigenvalue weighted by Gasteiger charge is -2.34. The molecule has 0 spiro atoms. The zero-order valence-electron chi connectivity index (χ0n) is 11.5. The molecule has 1 saturated heterocycles. The third kappa shape index (κ3) is 4.00. The zero-order chi connectivity index (χ0) is 13.7. The molecule has 2 rings (SSSR count). The fourth-order valence-corrected chi connectivity index (χ4v) is 2.70. The van der Waals surface area contributed by atoms with Gasteiger partial charge in [0.25, 0.3) is 0 Å². The second kappa shape index (κ2) is 6.98. The fraction of sp³-hybridized carbons (Fsp3) is 0.600. The van der Waals surface area contributed by atoms with Gasteiger partial charge in [-0.15, -0.1) is 0 Å². The number of piperidine rings is 1. The van der Waals surface area contributed by atoms with Gasteiger partial charge in [-0.05, 0) is 32.4 Å². The number of halogens is 1. The number of nitrogens with zero attached hydrogens (tertiary/aromatic N) is 1. The third-order valence-corrected chi connectivity index (χ3v) is 3.62. The molecule has 0 bridgehead atoms. The zero-order valence-corrected chi connectivity index (χ0v) is 11.5. The number of hydrogen-bond donors (Lipinski definition) is 1. The predicted molar refractivity (Wildman–Crippen MR) is 74.4 cm³/mol. The van der Waals surface area contributed by atoms with Crippen LogP contribution in [0.3, 0.4) is 0 Å². The monoisotopic (exact) mass is 266 g/mol. The van der Waals surface area contributed by atoms with E-state index in [9.17, 15) is 4.39 Å². The van der Waals surface area contributed by atoms with Crippen LogP contribution in [0, 0.1) is 5.82 Å². The van der Waals surface area contributed by atoms with E-state index in [0.717, 1.165) is 32.5 Å². The number of rotatable bonds is 5. The van der Waals surface area contributed by atoms with Crippen LogP contribution in [0.2, 0.25) is 0 Å². The maximum Gasteiger partial charge on any atom is 0.128 e. The summed E-state index contributed by atoms with van der Waals surface area (Å²) in [5, 5.41) is 0. The lowest BCUT2D eigenvalue weighted by molar-refractivity contribution is 0.00442. The first-order chi connectivity index (χ1) is 9.20. The van der Waals surface area contributed by atoms with Crippen LogP contribution in [0.4, 0.5) is 4.39 Å². The molecule has 0 radical (unpaired) electrons. The Bertz CT molecular complexity index is 397. The topological polar surface area (TPSA) is 38.5 Å². The summed E-state index contributed by atoms with van der Waals surface area (Å²) in [6.45, 7) is 5.37. The molecular weight excluding hydrogens is 243 g/mol. The molecule has 19 heavy (non-hydrogen) atoms. The van der Waals surface area contributed by atoms with Crippen molar-refractivity contribution in [1.29, 1.82) is 0 Å². The molecule has 2 atom stereocenters. The fourth-order valence-electron chi connectivity index (χ4n) is 2.70. The Morgan fingerprint density at radius 2 is 2.26 bits per heavy atom. The summed E-state index contributed by atoms with van der Waals surface area (Å²) in [4.78, 5) is 2.28. The summed E-state index contributed by atoms with van der Waals surface area (Å²) in [6, 6.07) is 6.48. The van der Waals surface area contributed by atoms with Gasteiger partial charge in [0.1, 0.15) is 5.82 Å². The van der Waals surface area contributed by atoms with E-state index in [1.165, 1.54) is 6.07 Å². The Morgan fingerprint density at radius 1 is 1.47 bits per heavy atom. The molecule has 1 aromatic carbocycles. The third-order valence-electron chi connectivity index (χ3n) is 3.62. The van der Waals surface area contributed by atoms with Gasteiger partial charge < -0.3 is 10.5 Å². The first-order valence-corrected chi connectivity index (χ1v) is 7.04. The molecule has 1 aliphatic rings. The largest absolute Gasteiger partial charge is 0.377 e. The summed E-state index contributed by atoms with van der Waals surface area (Å²) in [5.74, 6) is -0.214. The van der Waals surface area contributed by atoms with Gasteiger partial charge in [-0.1, -0.05) is 18.2 Å². The summed E-state index contributed by atoms with van der Waals surface area (Å²) in [5.41, 5.74) is 6.72. The number of nitrogens with two attached hydrogens (primary N) is 1. The molecule has 0 amide bonds. The van der Waals surface area contributed by atoms with E-state index in [4.69, 9.17) is 10.5 Å². The summed E-state index contributed by atoms with van der Waals surface area (Å²) in [7, 11) is 0. The lowest BCUT2D eigenvalue weighted by Crippen LogP contribution is -2.43. The van der Waals surface area contributed by atoms with E-state index in [1.807, 2.05) is 13.0 Å². The SMILES string of the molecule is CCOC1CCCN(CC(N)c2ccccc2F)C1. The van der Waals surface area contributed by atoms with Gasteiger partial charge in [-0.3, -0.25) is 4.90 Å². The van der Waals surface area contributed by atoms with E-state index >= 15 is 0 Å². The highest BCUT2D eigenvalue weighted by molar-refractivity contribution is 5.21. The van der Waals surface area contributed by atoms with Crippen LogP contribution < -0.4 is 5.73 Å². The second-order valence-electron chi connectivity index (χ2n) is 5.11. The Hall–Kier alpha value is -0.970. The number of likely N-dealkylation sites (tertiary alicyclic amines) is 1. The van der Waals surface area contributed by atoms with Gasteiger partial charge in [-0.25, -0.2) is 4.39 Å². The Balaban J connectivity index is 1.91. The normalized spacial score (nSPS) is 22.4. The van der Waals surface area contributed by atoms with Crippen molar-refractivity contribution in [2.24, 2.45) is 5.73 Å². The molecule has 2 unspecified atom stereocenters. The molecule has 0 saturated carbocycles. The van der Waals surface area contributed by atoms with Crippen LogP contribution in [0.1, 0.15) is 31.4 Å². The van der Waals surface area contributed by atoms with E-state index in [-0.39, 0.29) is 11.9 Å². The smallest absolute Gasteiger partial charge is 0.128 e. The van der Waals surface area contributed by atoms with Crippen molar-refractivity contribution in [3.63, 3.8) is 0 Å². The van der Waals surface area contributed by atoms with E-state index in [1.54, 1.807) is 12.1 Å². The highest BCUT2D eigenvalue weighted by Gasteiger charge is 2.22. The lowest BCUT2D eigenvalue weighted by atomic mass is 10.0. The average molecular weight is 266 g/mol. The van der Waals surface area contributed by atoms with Crippen molar-refractivity contribution in [2.75, 3.05) is 26.2 Å². The number of hydrogen-bond acceptors (Lipinski definition) is 3. The minimum Gasteiger partial charge on any atom is -0.377 e. The van der Waals surface area contributed by atoms with E-state index in [2.05, 4.69) is 4.90 Å². The van der Waals surface area contributed by atoms with Crippen LogP contribution >= 0.6 is 0 Å². The van der Waals surface area contributed by atoms with E-state index < -0.39 is 0 Å². The molecule has 1 fully saturated rings. The van der Waals surface area contributed by atoms with Crippen LogP contribution in [-0.2, 0) is 4.74 Å². The van der Waals surface area contributed by atoms with Gasteiger partial charge in [0.05, 0.1) is 6.10 Å². The van der Waals surface area contributed by atoms with Crippen molar-refractivity contribution < 1.29 is 9.13 Å². The molecule has 2 N–H and O–H groups in total. The summed E-state index contributed by atoms with van der Waals surface area (Å²) >= 11 is 0. The first-order valence-electron chi connectivity index (χ1n) is 7.04. The highest BCUT2D eigenvalue weighted by Crippen LogP contribution is 2.19. The average Bonchev–Trinajstić information content (AvgIpc) is 2.40. The minimum atomic E-state index is -0.276. The Morgan fingerprint density at radius 3 is 3.00 bits per heavy atom. The van der Waals surface area contributed by atoms with Crippen molar-refractivity contribution in [2.45, 2.75) is 31.9 Å². The van der Waals surface area contributed by atoms with Crippen molar-refractivity contribution >= 4 is 0 Å². The van der Waals surface area contributed by atoms with Crippen molar-refractivity contribution in [3.05, 3.63) is 35.6 Å². The predicted octanol–water partition coefficient (Wildman–Crippen LogP) is 2.33. The minimum absolute atomic E-state index is 0.214. The molecule has 1 aliphatic heterocycles. The molecule has 0 aromatic heterocycles. The van der Waals surface area contributed by atoms with E-state index in [0.29, 0.717) is 18.2 Å². The number of benzene rings is 1. The molecule has 106 valence electrons.